The number of hydrogen-bond donors (Lipinski definition) is 1. The molecular formula is C17H15BrClNO4. The van der Waals surface area contributed by atoms with Crippen LogP contribution in [0.5, 0.6) is 17.2 Å². The normalized spacial score (nSPS) is 14.0. The Morgan fingerprint density at radius 1 is 1.21 bits per heavy atom. The predicted molar refractivity (Wildman–Crippen MR) is 95.3 cm³/mol. The summed E-state index contributed by atoms with van der Waals surface area (Å²) in [5.41, 5.74) is 0.620. The van der Waals surface area contributed by atoms with Crippen LogP contribution in [-0.4, -0.2) is 25.2 Å². The van der Waals surface area contributed by atoms with Crippen molar-refractivity contribution >= 4 is 39.1 Å². The van der Waals surface area contributed by atoms with E-state index >= 15 is 0 Å². The molecule has 5 nitrogen and oxygen atoms in total. The molecule has 2 aromatic rings. The summed E-state index contributed by atoms with van der Waals surface area (Å²) in [4.78, 5) is 12.3. The van der Waals surface area contributed by atoms with Gasteiger partial charge in [-0.15, -0.1) is 0 Å². The Morgan fingerprint density at radius 3 is 2.71 bits per heavy atom. The van der Waals surface area contributed by atoms with Crippen LogP contribution < -0.4 is 19.5 Å². The van der Waals surface area contributed by atoms with Gasteiger partial charge in [0.2, 0.25) is 0 Å². The maximum absolute atomic E-state index is 12.3. The highest BCUT2D eigenvalue weighted by atomic mass is 79.9. The molecule has 0 aromatic heterocycles. The molecule has 24 heavy (non-hydrogen) atoms. The minimum Gasteiger partial charge on any atom is -0.486 e. The first kappa shape index (κ1) is 16.9. The van der Waals surface area contributed by atoms with Crippen LogP contribution in [-0.2, 0) is 4.79 Å². The quantitative estimate of drug-likeness (QED) is 0.814. The minimum atomic E-state index is -0.685. The third-order valence-corrected chi connectivity index (χ3v) is 4.23. The van der Waals surface area contributed by atoms with Gasteiger partial charge in [-0.3, -0.25) is 4.79 Å². The fraction of sp³-hybridized carbons (Fsp3) is 0.235. The molecule has 1 amide bonds. The van der Waals surface area contributed by atoms with Gasteiger partial charge in [0.05, 0.1) is 4.47 Å². The molecule has 1 aliphatic rings. The molecule has 1 heterocycles. The summed E-state index contributed by atoms with van der Waals surface area (Å²) >= 11 is 9.26. The maximum Gasteiger partial charge on any atom is 0.265 e. The molecule has 2 aromatic carbocycles. The number of fused-ring (bicyclic) bond motifs is 1. The Morgan fingerprint density at radius 2 is 1.96 bits per heavy atom. The fourth-order valence-corrected chi connectivity index (χ4v) is 2.96. The van der Waals surface area contributed by atoms with Crippen LogP contribution in [0, 0.1) is 0 Å². The van der Waals surface area contributed by atoms with E-state index in [0.29, 0.717) is 45.6 Å². The first-order valence-electron chi connectivity index (χ1n) is 7.35. The summed E-state index contributed by atoms with van der Waals surface area (Å²) in [5, 5.41) is 3.39. The van der Waals surface area contributed by atoms with Gasteiger partial charge in [-0.05, 0) is 53.2 Å². The zero-order valence-electron chi connectivity index (χ0n) is 12.8. The van der Waals surface area contributed by atoms with Crippen molar-refractivity contribution in [2.75, 3.05) is 18.5 Å². The lowest BCUT2D eigenvalue weighted by Crippen LogP contribution is -2.30. The minimum absolute atomic E-state index is 0.270. The van der Waals surface area contributed by atoms with Crippen molar-refractivity contribution in [3.63, 3.8) is 0 Å². The fourth-order valence-electron chi connectivity index (χ4n) is 2.18. The van der Waals surface area contributed by atoms with Crippen LogP contribution in [0.3, 0.4) is 0 Å². The number of benzene rings is 2. The topological polar surface area (TPSA) is 56.8 Å². The lowest BCUT2D eigenvalue weighted by molar-refractivity contribution is -0.122. The average molecular weight is 413 g/mol. The molecule has 1 N–H and O–H groups in total. The van der Waals surface area contributed by atoms with Gasteiger partial charge in [-0.25, -0.2) is 0 Å². The van der Waals surface area contributed by atoms with Crippen LogP contribution in [0.2, 0.25) is 5.02 Å². The maximum atomic E-state index is 12.3. The highest BCUT2D eigenvalue weighted by Crippen LogP contribution is 2.33. The molecule has 0 unspecified atom stereocenters. The van der Waals surface area contributed by atoms with Gasteiger partial charge in [0.25, 0.3) is 5.91 Å². The van der Waals surface area contributed by atoms with E-state index in [-0.39, 0.29) is 5.91 Å². The molecular weight excluding hydrogens is 398 g/mol. The highest BCUT2D eigenvalue weighted by molar-refractivity contribution is 9.10. The Kier molecular flexibility index (Phi) is 5.16. The second-order valence-corrected chi connectivity index (χ2v) is 6.47. The summed E-state index contributed by atoms with van der Waals surface area (Å²) in [6.07, 6.45) is -0.685. The summed E-state index contributed by atoms with van der Waals surface area (Å²) in [7, 11) is 0. The lowest BCUT2D eigenvalue weighted by atomic mass is 10.2. The lowest BCUT2D eigenvalue weighted by Gasteiger charge is -2.20. The van der Waals surface area contributed by atoms with Crippen molar-refractivity contribution in [2.24, 2.45) is 0 Å². The first-order chi connectivity index (χ1) is 11.5. The van der Waals surface area contributed by atoms with Crippen molar-refractivity contribution in [2.45, 2.75) is 13.0 Å². The van der Waals surface area contributed by atoms with E-state index in [9.17, 15) is 4.79 Å². The van der Waals surface area contributed by atoms with E-state index in [0.717, 1.165) is 0 Å². The van der Waals surface area contributed by atoms with E-state index in [1.54, 1.807) is 43.3 Å². The van der Waals surface area contributed by atoms with E-state index in [1.165, 1.54) is 0 Å². The van der Waals surface area contributed by atoms with Gasteiger partial charge in [-0.1, -0.05) is 11.6 Å². The Hall–Kier alpha value is -1.92. The van der Waals surface area contributed by atoms with Gasteiger partial charge >= 0.3 is 0 Å². The van der Waals surface area contributed by atoms with Gasteiger partial charge in [0.1, 0.15) is 19.0 Å². The first-order valence-corrected chi connectivity index (χ1v) is 8.52. The Labute approximate surface area is 153 Å². The smallest absolute Gasteiger partial charge is 0.265 e. The number of amides is 1. The molecule has 0 radical (unpaired) electrons. The van der Waals surface area contributed by atoms with E-state index < -0.39 is 6.10 Å². The second kappa shape index (κ2) is 7.32. The Bertz CT molecular complexity index is 768. The molecule has 0 saturated heterocycles. The summed E-state index contributed by atoms with van der Waals surface area (Å²) < 4.78 is 17.3. The number of ether oxygens (including phenoxy) is 3. The summed E-state index contributed by atoms with van der Waals surface area (Å²) in [5.74, 6) is 1.57. The van der Waals surface area contributed by atoms with Crippen molar-refractivity contribution in [1.29, 1.82) is 0 Å². The molecule has 1 atom stereocenters. The largest absolute Gasteiger partial charge is 0.486 e. The third kappa shape index (κ3) is 3.94. The number of anilines is 1. The van der Waals surface area contributed by atoms with Gasteiger partial charge in [0, 0.05) is 16.8 Å². The second-order valence-electron chi connectivity index (χ2n) is 5.18. The van der Waals surface area contributed by atoms with Crippen LogP contribution in [0.1, 0.15) is 6.92 Å². The van der Waals surface area contributed by atoms with Crippen LogP contribution >= 0.6 is 27.5 Å². The molecule has 0 saturated carbocycles. The highest BCUT2D eigenvalue weighted by Gasteiger charge is 2.18. The zero-order chi connectivity index (χ0) is 17.1. The van der Waals surface area contributed by atoms with Crippen molar-refractivity contribution < 1.29 is 19.0 Å². The molecule has 0 aliphatic carbocycles. The summed E-state index contributed by atoms with van der Waals surface area (Å²) in [6, 6.07) is 10.4. The summed E-state index contributed by atoms with van der Waals surface area (Å²) in [6.45, 7) is 2.70. The number of nitrogens with one attached hydrogen (secondary N) is 1. The zero-order valence-corrected chi connectivity index (χ0v) is 15.2. The van der Waals surface area contributed by atoms with Gasteiger partial charge in [0.15, 0.2) is 17.6 Å². The van der Waals surface area contributed by atoms with Crippen LogP contribution in [0.4, 0.5) is 5.69 Å². The van der Waals surface area contributed by atoms with Crippen LogP contribution in [0.25, 0.3) is 0 Å². The van der Waals surface area contributed by atoms with E-state index in [1.807, 2.05) is 0 Å². The molecule has 1 aliphatic heterocycles. The van der Waals surface area contributed by atoms with Crippen molar-refractivity contribution in [1.82, 2.24) is 0 Å². The number of carbonyl (C=O) groups excluding carboxylic acids is 1. The number of carbonyl (C=O) groups is 1. The van der Waals surface area contributed by atoms with Crippen molar-refractivity contribution in [3.8, 4) is 17.2 Å². The van der Waals surface area contributed by atoms with Crippen molar-refractivity contribution in [3.05, 3.63) is 45.9 Å². The molecule has 0 spiro atoms. The van der Waals surface area contributed by atoms with Gasteiger partial charge < -0.3 is 19.5 Å². The van der Waals surface area contributed by atoms with Gasteiger partial charge in [-0.2, -0.15) is 0 Å². The predicted octanol–water partition coefficient (Wildman–Crippen LogP) is 4.28. The van der Waals surface area contributed by atoms with E-state index in [4.69, 9.17) is 25.8 Å². The number of halogens is 2. The average Bonchev–Trinajstić information content (AvgIpc) is 2.57. The molecule has 0 fully saturated rings. The third-order valence-electron chi connectivity index (χ3n) is 3.38. The number of hydrogen-bond acceptors (Lipinski definition) is 4. The standard InChI is InChI=1S/C17H15BrClNO4/c1-10(24-14-4-2-11(19)8-13(14)18)17(21)20-12-3-5-15-16(9-12)23-7-6-22-15/h2-5,8-10H,6-7H2,1H3,(H,20,21)/t10-/m1/s1. The SMILES string of the molecule is C[C@@H](Oc1ccc(Cl)cc1Br)C(=O)Nc1ccc2c(c1)OCCO2. The number of rotatable bonds is 4. The molecule has 0 bridgehead atoms. The molecule has 3 rings (SSSR count). The van der Waals surface area contributed by atoms with Crippen LogP contribution in [0.15, 0.2) is 40.9 Å². The molecule has 7 heteroatoms. The monoisotopic (exact) mass is 411 g/mol. The Balaban J connectivity index is 1.65. The molecule has 126 valence electrons. The van der Waals surface area contributed by atoms with E-state index in [2.05, 4.69) is 21.2 Å².